The fourth-order valence-corrected chi connectivity index (χ4v) is 1.86. The molecule has 4 heteroatoms. The second kappa shape index (κ2) is 5.47. The van der Waals surface area contributed by atoms with Crippen molar-refractivity contribution in [3.8, 4) is 0 Å². The molecule has 0 spiro atoms. The molecular formula is C11H20O4. The minimum absolute atomic E-state index is 0.116. The van der Waals surface area contributed by atoms with Gasteiger partial charge in [-0.2, -0.15) is 0 Å². The number of rotatable bonds is 4. The summed E-state index contributed by atoms with van der Waals surface area (Å²) in [4.78, 5) is 10.7. The molecule has 1 rings (SSSR count). The quantitative estimate of drug-likeness (QED) is 0.745. The van der Waals surface area contributed by atoms with Crippen LogP contribution in [0.2, 0.25) is 0 Å². The summed E-state index contributed by atoms with van der Waals surface area (Å²) in [5, 5.41) is 18.1. The Morgan fingerprint density at radius 2 is 1.80 bits per heavy atom. The number of aliphatic hydroxyl groups is 1. The molecule has 2 atom stereocenters. The molecule has 0 radical (unpaired) electrons. The van der Waals surface area contributed by atoms with E-state index in [1.165, 1.54) is 0 Å². The van der Waals surface area contributed by atoms with Gasteiger partial charge < -0.3 is 14.9 Å². The van der Waals surface area contributed by atoms with E-state index in [2.05, 4.69) is 0 Å². The van der Waals surface area contributed by atoms with E-state index in [4.69, 9.17) is 9.84 Å². The van der Waals surface area contributed by atoms with Crippen LogP contribution in [0.1, 0.15) is 39.5 Å². The van der Waals surface area contributed by atoms with Gasteiger partial charge in [0.15, 0.2) is 0 Å². The first-order valence-corrected chi connectivity index (χ1v) is 5.57. The predicted octanol–water partition coefficient (Wildman–Crippen LogP) is 1.42. The van der Waals surface area contributed by atoms with E-state index in [9.17, 15) is 9.90 Å². The van der Waals surface area contributed by atoms with Gasteiger partial charge in [0.2, 0.25) is 0 Å². The highest BCUT2D eigenvalue weighted by molar-refractivity contribution is 5.70. The summed E-state index contributed by atoms with van der Waals surface area (Å²) in [7, 11) is 0. The molecule has 1 aliphatic carbocycles. The molecule has 4 nitrogen and oxygen atoms in total. The smallest absolute Gasteiger partial charge is 0.306 e. The minimum Gasteiger partial charge on any atom is -0.481 e. The summed E-state index contributed by atoms with van der Waals surface area (Å²) in [6.45, 7) is 3.54. The average molecular weight is 216 g/mol. The van der Waals surface area contributed by atoms with E-state index < -0.39 is 12.1 Å². The number of carboxylic acid groups (broad SMARTS) is 1. The van der Waals surface area contributed by atoms with Crippen LogP contribution in [0.4, 0.5) is 0 Å². The third-order valence-electron chi connectivity index (χ3n) is 3.11. The molecule has 0 saturated heterocycles. The van der Waals surface area contributed by atoms with Crippen LogP contribution in [0.25, 0.3) is 0 Å². The van der Waals surface area contributed by atoms with Crippen molar-refractivity contribution < 1.29 is 19.7 Å². The Morgan fingerprint density at radius 1 is 1.27 bits per heavy atom. The highest BCUT2D eigenvalue weighted by Gasteiger charge is 2.27. The van der Waals surface area contributed by atoms with Gasteiger partial charge in [-0.05, 0) is 39.5 Å². The van der Waals surface area contributed by atoms with Crippen molar-refractivity contribution in [2.45, 2.75) is 57.8 Å². The SMILES string of the molecule is CC(O)C(C)OC1CCC(C(=O)O)CC1. The monoisotopic (exact) mass is 216 g/mol. The summed E-state index contributed by atoms with van der Waals surface area (Å²) < 4.78 is 5.64. The Balaban J connectivity index is 2.28. The Kier molecular flexibility index (Phi) is 4.54. The Morgan fingerprint density at radius 3 is 2.20 bits per heavy atom. The average Bonchev–Trinajstić information content (AvgIpc) is 2.18. The summed E-state index contributed by atoms with van der Waals surface area (Å²) in [6, 6.07) is 0. The van der Waals surface area contributed by atoms with Crippen molar-refractivity contribution in [1.82, 2.24) is 0 Å². The lowest BCUT2D eigenvalue weighted by Crippen LogP contribution is -2.32. The van der Waals surface area contributed by atoms with Crippen LogP contribution >= 0.6 is 0 Å². The van der Waals surface area contributed by atoms with Gasteiger partial charge in [-0.15, -0.1) is 0 Å². The molecule has 1 saturated carbocycles. The second-order valence-corrected chi connectivity index (χ2v) is 4.39. The summed E-state index contributed by atoms with van der Waals surface area (Å²) in [5.74, 6) is -0.899. The van der Waals surface area contributed by atoms with Crippen molar-refractivity contribution in [3.05, 3.63) is 0 Å². The van der Waals surface area contributed by atoms with Crippen LogP contribution in [0.15, 0.2) is 0 Å². The van der Waals surface area contributed by atoms with Crippen LogP contribution in [0.3, 0.4) is 0 Å². The van der Waals surface area contributed by atoms with Gasteiger partial charge in [-0.1, -0.05) is 0 Å². The van der Waals surface area contributed by atoms with Gasteiger partial charge in [0.25, 0.3) is 0 Å². The zero-order valence-corrected chi connectivity index (χ0v) is 9.35. The maximum atomic E-state index is 10.7. The van der Waals surface area contributed by atoms with Crippen molar-refractivity contribution in [2.24, 2.45) is 5.92 Å². The van der Waals surface area contributed by atoms with E-state index in [1.54, 1.807) is 6.92 Å². The first-order chi connectivity index (χ1) is 7.00. The van der Waals surface area contributed by atoms with E-state index in [-0.39, 0.29) is 18.1 Å². The van der Waals surface area contributed by atoms with Crippen molar-refractivity contribution in [1.29, 1.82) is 0 Å². The number of ether oxygens (including phenoxy) is 1. The van der Waals surface area contributed by atoms with E-state index >= 15 is 0 Å². The van der Waals surface area contributed by atoms with E-state index in [0.717, 1.165) is 12.8 Å². The molecule has 2 N–H and O–H groups in total. The van der Waals surface area contributed by atoms with Crippen LogP contribution in [0, 0.1) is 5.92 Å². The number of aliphatic hydroxyl groups excluding tert-OH is 1. The van der Waals surface area contributed by atoms with Gasteiger partial charge in [-0.3, -0.25) is 4.79 Å². The molecule has 0 aromatic rings. The van der Waals surface area contributed by atoms with Crippen LogP contribution in [0.5, 0.6) is 0 Å². The molecule has 0 aromatic heterocycles. The fraction of sp³-hybridized carbons (Fsp3) is 0.909. The third-order valence-corrected chi connectivity index (χ3v) is 3.11. The first-order valence-electron chi connectivity index (χ1n) is 5.57. The second-order valence-electron chi connectivity index (χ2n) is 4.39. The Bertz CT molecular complexity index is 207. The van der Waals surface area contributed by atoms with Gasteiger partial charge in [0.1, 0.15) is 0 Å². The number of hydrogen-bond acceptors (Lipinski definition) is 3. The molecule has 0 amide bonds. The standard InChI is InChI=1S/C11H20O4/c1-7(12)8(2)15-10-5-3-9(4-6-10)11(13)14/h7-10,12H,3-6H2,1-2H3,(H,13,14). The largest absolute Gasteiger partial charge is 0.481 e. The molecule has 0 aromatic carbocycles. The zero-order chi connectivity index (χ0) is 11.4. The first kappa shape index (κ1) is 12.5. The third kappa shape index (κ3) is 3.80. The zero-order valence-electron chi connectivity index (χ0n) is 9.35. The molecule has 0 aliphatic heterocycles. The number of carboxylic acids is 1. The molecule has 0 bridgehead atoms. The summed E-state index contributed by atoms with van der Waals surface area (Å²) >= 11 is 0. The summed E-state index contributed by atoms with van der Waals surface area (Å²) in [6.07, 6.45) is 2.42. The maximum Gasteiger partial charge on any atom is 0.306 e. The molecule has 2 unspecified atom stereocenters. The number of hydrogen-bond donors (Lipinski definition) is 2. The van der Waals surface area contributed by atoms with E-state index in [1.807, 2.05) is 6.92 Å². The van der Waals surface area contributed by atoms with Gasteiger partial charge in [-0.25, -0.2) is 0 Å². The van der Waals surface area contributed by atoms with Gasteiger partial charge in [0.05, 0.1) is 24.2 Å². The van der Waals surface area contributed by atoms with Gasteiger partial charge >= 0.3 is 5.97 Å². The topological polar surface area (TPSA) is 66.8 Å². The van der Waals surface area contributed by atoms with Crippen molar-refractivity contribution in [3.63, 3.8) is 0 Å². The lowest BCUT2D eigenvalue weighted by Gasteiger charge is -2.29. The molecule has 88 valence electrons. The van der Waals surface area contributed by atoms with Gasteiger partial charge in [0, 0.05) is 0 Å². The molecular weight excluding hydrogens is 196 g/mol. The molecule has 0 heterocycles. The highest BCUT2D eigenvalue weighted by Crippen LogP contribution is 2.27. The lowest BCUT2D eigenvalue weighted by molar-refractivity contribution is -0.144. The van der Waals surface area contributed by atoms with Crippen LogP contribution in [-0.2, 0) is 9.53 Å². The molecule has 15 heavy (non-hydrogen) atoms. The molecule has 1 aliphatic rings. The van der Waals surface area contributed by atoms with Crippen molar-refractivity contribution in [2.75, 3.05) is 0 Å². The van der Waals surface area contributed by atoms with Crippen LogP contribution < -0.4 is 0 Å². The van der Waals surface area contributed by atoms with Crippen molar-refractivity contribution >= 4 is 5.97 Å². The highest BCUT2D eigenvalue weighted by atomic mass is 16.5. The number of carbonyl (C=O) groups is 1. The predicted molar refractivity (Wildman–Crippen MR) is 55.6 cm³/mol. The minimum atomic E-state index is -0.697. The summed E-state index contributed by atoms with van der Waals surface area (Å²) in [5.41, 5.74) is 0. The number of aliphatic carboxylic acids is 1. The maximum absolute atomic E-state index is 10.7. The Labute approximate surface area is 90.2 Å². The normalized spacial score (nSPS) is 30.9. The van der Waals surface area contributed by atoms with E-state index in [0.29, 0.717) is 12.8 Å². The Hall–Kier alpha value is -0.610. The van der Waals surface area contributed by atoms with Crippen LogP contribution in [-0.4, -0.2) is 34.5 Å². The fourth-order valence-electron chi connectivity index (χ4n) is 1.86. The lowest BCUT2D eigenvalue weighted by atomic mass is 9.87. The molecule has 1 fully saturated rings.